The van der Waals surface area contributed by atoms with Gasteiger partial charge in [-0.1, -0.05) is 60.7 Å². The molecule has 0 amide bonds. The normalized spacial score (nSPS) is 18.1. The molecule has 2 atom stereocenters. The molecular weight excluding hydrogens is 374 g/mol. The molecule has 4 heteroatoms. The van der Waals surface area contributed by atoms with Crippen molar-refractivity contribution in [1.82, 2.24) is 5.32 Å². The van der Waals surface area contributed by atoms with E-state index in [-0.39, 0.29) is 12.0 Å². The average Bonchev–Trinajstić information content (AvgIpc) is 2.80. The molecule has 0 saturated heterocycles. The monoisotopic (exact) mass is 403 g/mol. The van der Waals surface area contributed by atoms with Crippen LogP contribution in [0.2, 0.25) is 0 Å². The molecule has 1 aliphatic rings. The van der Waals surface area contributed by atoms with Gasteiger partial charge in [0.15, 0.2) is 0 Å². The molecule has 0 radical (unpaired) electrons. The molecule has 30 heavy (non-hydrogen) atoms. The third kappa shape index (κ3) is 4.20. The Hall–Kier alpha value is -2.82. The number of fused-ring (bicyclic) bond motifs is 1. The molecule has 0 aromatic heterocycles. The summed E-state index contributed by atoms with van der Waals surface area (Å²) in [5.41, 5.74) is 4.70. The molecule has 2 N–H and O–H groups in total. The van der Waals surface area contributed by atoms with Crippen LogP contribution in [0.25, 0.3) is 0 Å². The van der Waals surface area contributed by atoms with Gasteiger partial charge in [-0.05, 0) is 29.7 Å². The zero-order valence-corrected chi connectivity index (χ0v) is 17.5. The number of benzene rings is 3. The smallest absolute Gasteiger partial charge is 0.122 e. The summed E-state index contributed by atoms with van der Waals surface area (Å²) < 4.78 is 11.1. The van der Waals surface area contributed by atoms with Crippen LogP contribution < -0.4 is 14.8 Å². The first-order valence-electron chi connectivity index (χ1n) is 10.4. The second kappa shape index (κ2) is 9.33. The van der Waals surface area contributed by atoms with Gasteiger partial charge in [0.1, 0.15) is 11.5 Å². The van der Waals surface area contributed by atoms with Crippen molar-refractivity contribution in [3.63, 3.8) is 0 Å². The van der Waals surface area contributed by atoms with Crippen LogP contribution in [-0.2, 0) is 12.8 Å². The maximum Gasteiger partial charge on any atom is 0.122 e. The van der Waals surface area contributed by atoms with Crippen molar-refractivity contribution in [3.8, 4) is 11.5 Å². The quantitative estimate of drug-likeness (QED) is 0.627. The molecule has 3 aromatic rings. The van der Waals surface area contributed by atoms with E-state index in [0.717, 1.165) is 29.2 Å². The molecule has 0 fully saturated rings. The van der Waals surface area contributed by atoms with Gasteiger partial charge in [0.2, 0.25) is 0 Å². The molecule has 0 saturated carbocycles. The molecular formula is C26H29NO3. The summed E-state index contributed by atoms with van der Waals surface area (Å²) in [4.78, 5) is 0. The second-order valence-electron chi connectivity index (χ2n) is 7.79. The number of rotatable bonds is 7. The molecule has 156 valence electrons. The summed E-state index contributed by atoms with van der Waals surface area (Å²) in [6.07, 6.45) is 0.771. The SMILES string of the molecule is COc1ccc(OC)c2c1CC(O)C(NCC(c1ccccc1)c1ccccc1)C2. The first-order valence-corrected chi connectivity index (χ1v) is 10.4. The fourth-order valence-corrected chi connectivity index (χ4v) is 4.46. The third-order valence-corrected chi connectivity index (χ3v) is 6.07. The number of hydrogen-bond donors (Lipinski definition) is 2. The van der Waals surface area contributed by atoms with Crippen molar-refractivity contribution in [3.05, 3.63) is 95.1 Å². The zero-order chi connectivity index (χ0) is 20.9. The van der Waals surface area contributed by atoms with E-state index < -0.39 is 6.10 Å². The predicted octanol–water partition coefficient (Wildman–Crippen LogP) is 3.95. The van der Waals surface area contributed by atoms with Crippen LogP contribution in [0.3, 0.4) is 0 Å². The molecule has 0 aliphatic heterocycles. The Bertz CT molecular complexity index is 919. The highest BCUT2D eigenvalue weighted by atomic mass is 16.5. The summed E-state index contributed by atoms with van der Waals surface area (Å²) >= 11 is 0. The van der Waals surface area contributed by atoms with Crippen molar-refractivity contribution in [2.24, 2.45) is 0 Å². The topological polar surface area (TPSA) is 50.7 Å². The lowest BCUT2D eigenvalue weighted by atomic mass is 9.84. The number of aliphatic hydroxyl groups excluding tert-OH is 1. The fourth-order valence-electron chi connectivity index (χ4n) is 4.46. The predicted molar refractivity (Wildman–Crippen MR) is 119 cm³/mol. The van der Waals surface area contributed by atoms with Crippen LogP contribution in [0.5, 0.6) is 11.5 Å². The van der Waals surface area contributed by atoms with Gasteiger partial charge in [-0.2, -0.15) is 0 Å². The largest absolute Gasteiger partial charge is 0.496 e. The minimum Gasteiger partial charge on any atom is -0.496 e. The summed E-state index contributed by atoms with van der Waals surface area (Å²) in [6, 6.07) is 24.9. The van der Waals surface area contributed by atoms with Crippen molar-refractivity contribution in [2.45, 2.75) is 30.9 Å². The minimum atomic E-state index is -0.481. The van der Waals surface area contributed by atoms with E-state index in [1.165, 1.54) is 11.1 Å². The highest BCUT2D eigenvalue weighted by molar-refractivity contribution is 5.51. The minimum absolute atomic E-state index is 0.0477. The van der Waals surface area contributed by atoms with Gasteiger partial charge < -0.3 is 19.9 Å². The third-order valence-electron chi connectivity index (χ3n) is 6.07. The number of hydrogen-bond acceptors (Lipinski definition) is 4. The Labute approximate surface area is 178 Å². The van der Waals surface area contributed by atoms with Gasteiger partial charge in [0, 0.05) is 36.1 Å². The van der Waals surface area contributed by atoms with E-state index in [4.69, 9.17) is 9.47 Å². The van der Waals surface area contributed by atoms with Crippen LogP contribution in [0.4, 0.5) is 0 Å². The highest BCUT2D eigenvalue weighted by Crippen LogP contribution is 2.36. The van der Waals surface area contributed by atoms with Gasteiger partial charge in [-0.3, -0.25) is 0 Å². The van der Waals surface area contributed by atoms with Gasteiger partial charge in [-0.15, -0.1) is 0 Å². The van der Waals surface area contributed by atoms with Crippen molar-refractivity contribution in [1.29, 1.82) is 0 Å². The summed E-state index contributed by atoms with van der Waals surface area (Å²) in [7, 11) is 3.36. The van der Waals surface area contributed by atoms with Gasteiger partial charge in [-0.25, -0.2) is 0 Å². The fraction of sp³-hybridized carbons (Fsp3) is 0.308. The Morgan fingerprint density at radius 1 is 0.800 bits per heavy atom. The summed E-state index contributed by atoms with van der Waals surface area (Å²) in [5, 5.41) is 14.5. The van der Waals surface area contributed by atoms with Crippen molar-refractivity contribution < 1.29 is 14.6 Å². The van der Waals surface area contributed by atoms with Crippen LogP contribution in [0, 0.1) is 0 Å². The van der Waals surface area contributed by atoms with E-state index in [9.17, 15) is 5.11 Å². The number of nitrogens with one attached hydrogen (secondary N) is 1. The van der Waals surface area contributed by atoms with Crippen LogP contribution >= 0.6 is 0 Å². The Balaban J connectivity index is 1.57. The lowest BCUT2D eigenvalue weighted by Crippen LogP contribution is -2.47. The lowest BCUT2D eigenvalue weighted by molar-refractivity contribution is 0.117. The van der Waals surface area contributed by atoms with E-state index >= 15 is 0 Å². The number of aliphatic hydroxyl groups is 1. The maximum atomic E-state index is 10.9. The van der Waals surface area contributed by atoms with E-state index in [2.05, 4.69) is 53.8 Å². The number of methoxy groups -OCH3 is 2. The second-order valence-corrected chi connectivity index (χ2v) is 7.79. The Kier molecular flexibility index (Phi) is 6.36. The first kappa shape index (κ1) is 20.5. The van der Waals surface area contributed by atoms with Crippen molar-refractivity contribution >= 4 is 0 Å². The molecule has 2 unspecified atom stereocenters. The first-order chi connectivity index (χ1) is 14.7. The highest BCUT2D eigenvalue weighted by Gasteiger charge is 2.31. The van der Waals surface area contributed by atoms with Crippen LogP contribution in [-0.4, -0.2) is 38.0 Å². The molecule has 0 heterocycles. The number of ether oxygens (including phenoxy) is 2. The molecule has 0 bridgehead atoms. The molecule has 4 nitrogen and oxygen atoms in total. The average molecular weight is 404 g/mol. The zero-order valence-electron chi connectivity index (χ0n) is 17.5. The maximum absolute atomic E-state index is 10.9. The summed E-state index contributed by atoms with van der Waals surface area (Å²) in [5.74, 6) is 1.88. The Morgan fingerprint density at radius 2 is 1.30 bits per heavy atom. The van der Waals surface area contributed by atoms with Crippen molar-refractivity contribution in [2.75, 3.05) is 20.8 Å². The molecule has 1 aliphatic carbocycles. The standard InChI is InChI=1S/C26H29NO3/c1-29-25-13-14-26(30-2)21-16-24(28)23(15-20(21)25)27-17-22(18-9-5-3-6-10-18)19-11-7-4-8-12-19/h3-14,22-24,27-28H,15-17H2,1-2H3. The van der Waals surface area contributed by atoms with E-state index in [1.807, 2.05) is 24.3 Å². The van der Waals surface area contributed by atoms with Crippen LogP contribution in [0.15, 0.2) is 72.8 Å². The molecule has 4 rings (SSSR count). The molecule has 3 aromatic carbocycles. The van der Waals surface area contributed by atoms with E-state index in [1.54, 1.807) is 14.2 Å². The van der Waals surface area contributed by atoms with E-state index in [0.29, 0.717) is 12.8 Å². The van der Waals surface area contributed by atoms with Crippen LogP contribution in [0.1, 0.15) is 28.2 Å². The lowest BCUT2D eigenvalue weighted by Gasteiger charge is -2.33. The summed E-state index contributed by atoms with van der Waals surface area (Å²) in [6.45, 7) is 0.747. The Morgan fingerprint density at radius 3 is 1.80 bits per heavy atom. The molecule has 0 spiro atoms. The van der Waals surface area contributed by atoms with Gasteiger partial charge in [0.25, 0.3) is 0 Å². The van der Waals surface area contributed by atoms with Gasteiger partial charge in [0.05, 0.1) is 20.3 Å². The van der Waals surface area contributed by atoms with Gasteiger partial charge >= 0.3 is 0 Å².